The van der Waals surface area contributed by atoms with Crippen molar-refractivity contribution in [2.75, 3.05) is 5.32 Å². The van der Waals surface area contributed by atoms with Gasteiger partial charge in [-0.15, -0.1) is 0 Å². The number of aryl methyl sites for hydroxylation is 2. The van der Waals surface area contributed by atoms with Crippen molar-refractivity contribution in [1.29, 1.82) is 0 Å². The number of anilines is 1. The minimum Gasteiger partial charge on any atom is -0.457 e. The van der Waals surface area contributed by atoms with Gasteiger partial charge in [-0.2, -0.15) is 9.50 Å². The first kappa shape index (κ1) is 20.3. The summed E-state index contributed by atoms with van der Waals surface area (Å²) >= 11 is 0. The molecule has 0 saturated heterocycles. The average Bonchev–Trinajstić information content (AvgIpc) is 3.11. The van der Waals surface area contributed by atoms with Gasteiger partial charge in [0.15, 0.2) is 0 Å². The minimum absolute atomic E-state index is 0.130. The Hall–Kier alpha value is -4.01. The molecule has 2 heterocycles. The Bertz CT molecular complexity index is 1290. The summed E-state index contributed by atoms with van der Waals surface area (Å²) in [5, 5.41) is 5.64. The summed E-state index contributed by atoms with van der Waals surface area (Å²) in [7, 11) is 0. The lowest BCUT2D eigenvalue weighted by Crippen LogP contribution is -2.23. The summed E-state index contributed by atoms with van der Waals surface area (Å²) < 4.78 is 19.9. The van der Waals surface area contributed by atoms with E-state index in [9.17, 15) is 14.0 Å². The number of carbonyl (C=O) groups excluding carboxylic acids is 1. The molecule has 0 radical (unpaired) electrons. The molecule has 0 fully saturated rings. The second-order valence-corrected chi connectivity index (χ2v) is 7.05. The van der Waals surface area contributed by atoms with E-state index in [1.54, 1.807) is 38.1 Å². The number of amides is 1. The van der Waals surface area contributed by atoms with Crippen molar-refractivity contribution in [3.63, 3.8) is 0 Å². The molecule has 0 unspecified atom stereocenters. The van der Waals surface area contributed by atoms with Crippen molar-refractivity contribution >= 4 is 17.4 Å². The van der Waals surface area contributed by atoms with Gasteiger partial charge < -0.3 is 10.1 Å². The first-order valence-electron chi connectivity index (χ1n) is 9.67. The Morgan fingerprint density at radius 1 is 1.06 bits per heavy atom. The number of ether oxygens (including phenoxy) is 1. The Kier molecular flexibility index (Phi) is 5.48. The van der Waals surface area contributed by atoms with E-state index in [1.165, 1.54) is 28.8 Å². The molecule has 4 rings (SSSR count). The molecule has 0 bridgehead atoms. The predicted molar refractivity (Wildman–Crippen MR) is 113 cm³/mol. The summed E-state index contributed by atoms with van der Waals surface area (Å²) in [6.45, 7) is 3.48. The van der Waals surface area contributed by atoms with E-state index >= 15 is 0 Å². The van der Waals surface area contributed by atoms with E-state index in [-0.39, 0.29) is 30.1 Å². The van der Waals surface area contributed by atoms with Crippen LogP contribution < -0.4 is 15.6 Å². The molecule has 4 aromatic rings. The fourth-order valence-electron chi connectivity index (χ4n) is 3.16. The largest absolute Gasteiger partial charge is 0.457 e. The van der Waals surface area contributed by atoms with Crippen LogP contribution in [0.2, 0.25) is 0 Å². The van der Waals surface area contributed by atoms with E-state index < -0.39 is 0 Å². The molecule has 0 aliphatic carbocycles. The molecule has 0 saturated carbocycles. The number of hydrogen-bond donors (Lipinski definition) is 2. The topological polar surface area (TPSA) is 101 Å². The van der Waals surface area contributed by atoms with Crippen molar-refractivity contribution < 1.29 is 13.9 Å². The molecule has 9 heteroatoms. The summed E-state index contributed by atoms with van der Waals surface area (Å²) in [4.78, 5) is 33.5. The highest BCUT2D eigenvalue weighted by Crippen LogP contribution is 2.23. The third-order valence-corrected chi connectivity index (χ3v) is 4.70. The second kappa shape index (κ2) is 8.39. The molecular formula is C22H20FN5O3. The van der Waals surface area contributed by atoms with Gasteiger partial charge in [0, 0.05) is 17.7 Å². The molecule has 1 amide bonds. The number of fused-ring (bicyclic) bond motifs is 1. The zero-order valence-corrected chi connectivity index (χ0v) is 17.0. The van der Waals surface area contributed by atoms with Gasteiger partial charge in [-0.05, 0) is 68.8 Å². The molecule has 0 spiro atoms. The first-order valence-corrected chi connectivity index (χ1v) is 9.67. The number of rotatable bonds is 6. The molecule has 2 N–H and O–H groups in total. The van der Waals surface area contributed by atoms with E-state index in [0.717, 1.165) is 0 Å². The van der Waals surface area contributed by atoms with E-state index in [2.05, 4.69) is 20.4 Å². The highest BCUT2D eigenvalue weighted by Gasteiger charge is 2.14. The molecule has 2 aromatic carbocycles. The lowest BCUT2D eigenvalue weighted by molar-refractivity contribution is -0.116. The molecule has 0 atom stereocenters. The highest BCUT2D eigenvalue weighted by molar-refractivity contribution is 5.90. The maximum atomic E-state index is 13.0. The fourth-order valence-corrected chi connectivity index (χ4v) is 3.16. The minimum atomic E-state index is -0.335. The number of benzene rings is 2. The van der Waals surface area contributed by atoms with Crippen LogP contribution in [0.4, 0.5) is 10.1 Å². The smallest absolute Gasteiger partial charge is 0.277 e. The highest BCUT2D eigenvalue weighted by atomic mass is 19.1. The summed E-state index contributed by atoms with van der Waals surface area (Å²) in [6.07, 6.45) is 0.390. The number of aromatic nitrogens is 4. The number of aromatic amines is 1. The molecule has 0 aliphatic heterocycles. The zero-order chi connectivity index (χ0) is 22.0. The predicted octanol–water partition coefficient (Wildman–Crippen LogP) is 3.54. The Morgan fingerprint density at radius 3 is 2.39 bits per heavy atom. The van der Waals surface area contributed by atoms with Gasteiger partial charge in [-0.25, -0.2) is 9.37 Å². The summed E-state index contributed by atoms with van der Waals surface area (Å²) in [6, 6.07) is 12.5. The van der Waals surface area contributed by atoms with Gasteiger partial charge >= 0.3 is 0 Å². The number of carbonyl (C=O) groups is 1. The average molecular weight is 421 g/mol. The molecule has 31 heavy (non-hydrogen) atoms. The summed E-state index contributed by atoms with van der Waals surface area (Å²) in [5.74, 6) is 1.41. The van der Waals surface area contributed by atoms with Crippen molar-refractivity contribution in [2.24, 2.45) is 0 Å². The Morgan fingerprint density at radius 2 is 1.71 bits per heavy atom. The summed E-state index contributed by atoms with van der Waals surface area (Å²) in [5.41, 5.74) is 1.38. The number of nitrogens with zero attached hydrogens (tertiary/aromatic N) is 3. The quantitative estimate of drug-likeness (QED) is 0.496. The third-order valence-electron chi connectivity index (χ3n) is 4.70. The van der Waals surface area contributed by atoms with Crippen molar-refractivity contribution in [2.45, 2.75) is 26.7 Å². The number of nitrogens with one attached hydrogen (secondary N) is 2. The number of H-pyrrole nitrogens is 1. The number of halogens is 1. The lowest BCUT2D eigenvalue weighted by atomic mass is 10.1. The van der Waals surface area contributed by atoms with Crippen LogP contribution in [0.25, 0.3) is 5.78 Å². The van der Waals surface area contributed by atoms with Gasteiger partial charge in [0.2, 0.25) is 5.91 Å². The maximum absolute atomic E-state index is 13.0. The van der Waals surface area contributed by atoms with E-state index in [4.69, 9.17) is 4.74 Å². The van der Waals surface area contributed by atoms with E-state index in [1.807, 2.05) is 0 Å². The van der Waals surface area contributed by atoms with Gasteiger partial charge in [-0.1, -0.05) is 0 Å². The normalized spacial score (nSPS) is 10.9. The van der Waals surface area contributed by atoms with Crippen LogP contribution in [0.3, 0.4) is 0 Å². The monoisotopic (exact) mass is 421 g/mol. The molecule has 158 valence electrons. The molecule has 2 aromatic heterocycles. The van der Waals surface area contributed by atoms with Crippen LogP contribution in [0.5, 0.6) is 11.5 Å². The van der Waals surface area contributed by atoms with Crippen LogP contribution in [0, 0.1) is 19.7 Å². The fraction of sp³-hybridized carbons (Fsp3) is 0.182. The van der Waals surface area contributed by atoms with Gasteiger partial charge in [0.1, 0.15) is 23.1 Å². The first-order chi connectivity index (χ1) is 14.9. The van der Waals surface area contributed by atoms with Crippen molar-refractivity contribution in [3.8, 4) is 11.5 Å². The molecule has 0 aliphatic rings. The van der Waals surface area contributed by atoms with Crippen LogP contribution in [0.15, 0.2) is 53.3 Å². The standard InChI is InChI=1S/C22H20FN5O3/c1-13-19(21(30)28-22(24-13)25-14(2)27-28)11-12-20(29)26-16-5-9-18(10-6-16)31-17-7-3-15(23)4-8-17/h3-10H,11-12H2,1-2H3,(H,26,29)(H,24,25,27). The van der Waals surface area contributed by atoms with Gasteiger partial charge in [0.05, 0.1) is 5.69 Å². The SMILES string of the molecule is Cc1nc2nc(C)c(CCC(=O)Nc3ccc(Oc4ccc(F)cc4)cc3)c(=O)n2[nH]1. The van der Waals surface area contributed by atoms with Crippen molar-refractivity contribution in [1.82, 2.24) is 19.6 Å². The van der Waals surface area contributed by atoms with Gasteiger partial charge in [0.25, 0.3) is 11.3 Å². The van der Waals surface area contributed by atoms with Gasteiger partial charge in [-0.3, -0.25) is 14.7 Å². The second-order valence-electron chi connectivity index (χ2n) is 7.05. The maximum Gasteiger partial charge on any atom is 0.277 e. The van der Waals surface area contributed by atoms with E-state index in [0.29, 0.717) is 40.0 Å². The molecule has 8 nitrogen and oxygen atoms in total. The van der Waals surface area contributed by atoms with Crippen LogP contribution in [-0.4, -0.2) is 25.5 Å². The Balaban J connectivity index is 1.37. The zero-order valence-electron chi connectivity index (χ0n) is 17.0. The molecular weight excluding hydrogens is 401 g/mol. The van der Waals surface area contributed by atoms with Crippen LogP contribution in [-0.2, 0) is 11.2 Å². The van der Waals surface area contributed by atoms with Crippen LogP contribution >= 0.6 is 0 Å². The Labute approximate surface area is 176 Å². The van der Waals surface area contributed by atoms with Crippen molar-refractivity contribution in [3.05, 3.63) is 81.8 Å². The lowest BCUT2D eigenvalue weighted by Gasteiger charge is -2.09. The number of hydrogen-bond acceptors (Lipinski definition) is 5. The third kappa shape index (κ3) is 4.61. The van der Waals surface area contributed by atoms with Crippen LogP contribution in [0.1, 0.15) is 23.5 Å².